The molecule has 39 heavy (non-hydrogen) atoms. The number of ether oxygens (including phenoxy) is 3. The lowest BCUT2D eigenvalue weighted by Crippen LogP contribution is -2.15. The van der Waals surface area contributed by atoms with Crippen LogP contribution in [0.5, 0.6) is 11.9 Å². The number of esters is 1. The third kappa shape index (κ3) is 5.98. The van der Waals surface area contributed by atoms with Gasteiger partial charge in [-0.2, -0.15) is 4.98 Å². The molecule has 2 aromatic heterocycles. The lowest BCUT2D eigenvalue weighted by molar-refractivity contribution is 0.0526. The Balaban J connectivity index is 1.83. The molecule has 0 aliphatic rings. The third-order valence-electron chi connectivity index (χ3n) is 5.72. The maximum absolute atomic E-state index is 12.5. The molecule has 0 atom stereocenters. The van der Waals surface area contributed by atoms with Crippen molar-refractivity contribution in [2.75, 3.05) is 31.5 Å². The fourth-order valence-corrected chi connectivity index (χ4v) is 4.08. The van der Waals surface area contributed by atoms with E-state index in [1.165, 1.54) is 20.4 Å². The van der Waals surface area contributed by atoms with E-state index in [1.807, 2.05) is 38.1 Å². The van der Waals surface area contributed by atoms with Gasteiger partial charge < -0.3 is 30.6 Å². The molecular weight excluding hydrogens is 500 g/mol. The van der Waals surface area contributed by atoms with Gasteiger partial charge in [-0.1, -0.05) is 12.1 Å². The van der Waals surface area contributed by atoms with Crippen LogP contribution in [0.2, 0.25) is 0 Å². The van der Waals surface area contributed by atoms with Crippen LogP contribution < -0.4 is 25.8 Å². The summed E-state index contributed by atoms with van der Waals surface area (Å²) in [6.07, 6.45) is 3.02. The molecule has 0 radical (unpaired) electrons. The zero-order valence-corrected chi connectivity index (χ0v) is 22.4. The van der Waals surface area contributed by atoms with Crippen LogP contribution in [0.3, 0.4) is 0 Å². The van der Waals surface area contributed by atoms with Crippen LogP contribution in [0.4, 0.5) is 17.1 Å². The van der Waals surface area contributed by atoms with Gasteiger partial charge in [0, 0.05) is 35.2 Å². The first kappa shape index (κ1) is 27.1. The molecule has 0 saturated heterocycles. The van der Waals surface area contributed by atoms with Gasteiger partial charge in [0.1, 0.15) is 0 Å². The van der Waals surface area contributed by atoms with Crippen molar-refractivity contribution < 1.29 is 23.8 Å². The third-order valence-corrected chi connectivity index (χ3v) is 5.72. The number of aromatic nitrogens is 3. The highest BCUT2D eigenvalue weighted by Gasteiger charge is 2.18. The lowest BCUT2D eigenvalue weighted by Gasteiger charge is -2.17. The van der Waals surface area contributed by atoms with Crippen molar-refractivity contribution in [1.29, 1.82) is 0 Å². The Labute approximate surface area is 225 Å². The molecular formula is C28H30N6O5. The summed E-state index contributed by atoms with van der Waals surface area (Å²) < 4.78 is 15.7. The van der Waals surface area contributed by atoms with Gasteiger partial charge in [0.25, 0.3) is 5.91 Å². The molecule has 11 heteroatoms. The summed E-state index contributed by atoms with van der Waals surface area (Å²) in [5, 5.41) is 7.24. The number of nitrogens with two attached hydrogens (primary N) is 1. The predicted octanol–water partition coefficient (Wildman–Crippen LogP) is 4.55. The van der Waals surface area contributed by atoms with E-state index < -0.39 is 11.9 Å². The average Bonchev–Trinajstić information content (AvgIpc) is 2.92. The Morgan fingerprint density at radius 2 is 1.77 bits per heavy atom. The largest absolute Gasteiger partial charge is 0.480 e. The molecule has 0 bridgehead atoms. The molecule has 2 heterocycles. The number of amides is 1. The predicted molar refractivity (Wildman–Crippen MR) is 149 cm³/mol. The minimum Gasteiger partial charge on any atom is -0.480 e. The number of rotatable bonds is 10. The second-order valence-corrected chi connectivity index (χ2v) is 8.87. The van der Waals surface area contributed by atoms with Crippen molar-refractivity contribution in [3.63, 3.8) is 0 Å². The van der Waals surface area contributed by atoms with Gasteiger partial charge in [0.05, 0.1) is 48.7 Å². The number of methoxy groups -OCH3 is 2. The van der Waals surface area contributed by atoms with Crippen LogP contribution in [0.25, 0.3) is 22.0 Å². The second-order valence-electron chi connectivity index (χ2n) is 8.87. The number of fused-ring (bicyclic) bond motifs is 1. The van der Waals surface area contributed by atoms with E-state index in [-0.39, 0.29) is 24.2 Å². The molecule has 4 rings (SSSR count). The summed E-state index contributed by atoms with van der Waals surface area (Å²) in [5.41, 5.74) is 9.97. The minimum absolute atomic E-state index is 0.121. The normalized spacial score (nSPS) is 10.8. The summed E-state index contributed by atoms with van der Waals surface area (Å²) in [5.74, 6) is -0.763. The molecule has 0 aliphatic heterocycles. The molecule has 0 unspecified atom stereocenters. The first-order valence-corrected chi connectivity index (χ1v) is 12.3. The van der Waals surface area contributed by atoms with Crippen molar-refractivity contribution >= 4 is 39.8 Å². The van der Waals surface area contributed by atoms with Crippen molar-refractivity contribution in [3.8, 4) is 23.0 Å². The van der Waals surface area contributed by atoms with Crippen LogP contribution in [0.1, 0.15) is 41.5 Å². The van der Waals surface area contributed by atoms with E-state index in [1.54, 1.807) is 25.3 Å². The zero-order chi connectivity index (χ0) is 28.1. The first-order valence-electron chi connectivity index (χ1n) is 12.3. The van der Waals surface area contributed by atoms with Crippen LogP contribution in [0, 0.1) is 0 Å². The number of benzene rings is 2. The highest BCUT2D eigenvalue weighted by atomic mass is 16.5. The van der Waals surface area contributed by atoms with Crippen LogP contribution >= 0.6 is 0 Å². The van der Waals surface area contributed by atoms with Crippen LogP contribution in [-0.4, -0.2) is 53.7 Å². The Bertz CT molecular complexity index is 1540. The number of anilines is 3. The highest BCUT2D eigenvalue weighted by molar-refractivity contribution is 6.08. The van der Waals surface area contributed by atoms with Crippen molar-refractivity contribution in [1.82, 2.24) is 15.0 Å². The highest BCUT2D eigenvalue weighted by Crippen LogP contribution is 2.35. The molecule has 0 aliphatic carbocycles. The number of nitrogens with one attached hydrogen (secondary N) is 2. The van der Waals surface area contributed by atoms with Gasteiger partial charge >= 0.3 is 12.0 Å². The number of carbonyl (C=O) groups excluding carboxylic acids is 2. The Hall–Kier alpha value is -4.93. The second kappa shape index (κ2) is 11.6. The number of primary amides is 1. The number of nitrogens with zero attached hydrogens (tertiary/aromatic N) is 3. The van der Waals surface area contributed by atoms with Gasteiger partial charge in [-0.25, -0.2) is 9.78 Å². The smallest absolute Gasteiger partial charge is 0.338 e. The molecule has 2 aromatic carbocycles. The summed E-state index contributed by atoms with van der Waals surface area (Å²) in [7, 11) is 2.99. The molecule has 0 saturated carbocycles. The molecule has 11 nitrogen and oxygen atoms in total. The van der Waals surface area contributed by atoms with Gasteiger partial charge in [-0.15, -0.1) is 0 Å². The average molecular weight is 531 g/mol. The maximum atomic E-state index is 12.5. The van der Waals surface area contributed by atoms with Crippen LogP contribution in [0.15, 0.2) is 48.8 Å². The zero-order valence-electron chi connectivity index (χ0n) is 22.4. The minimum atomic E-state index is -0.650. The molecule has 202 valence electrons. The van der Waals surface area contributed by atoms with E-state index in [4.69, 9.17) is 19.9 Å². The van der Waals surface area contributed by atoms with E-state index >= 15 is 0 Å². The van der Waals surface area contributed by atoms with E-state index in [9.17, 15) is 9.59 Å². The summed E-state index contributed by atoms with van der Waals surface area (Å²) in [6, 6.07) is 11.0. The summed E-state index contributed by atoms with van der Waals surface area (Å²) in [6.45, 7) is 5.98. The SMILES string of the molecule is CCOC(=O)c1cc(Nc2c(C(N)=O)cnc3cc(-c4cnc(OC)nc4OC)ccc23)cc(NC(C)C)c1. The summed E-state index contributed by atoms with van der Waals surface area (Å²) >= 11 is 0. The Kier molecular flexibility index (Phi) is 8.09. The fraction of sp³-hybridized carbons (Fsp3) is 0.250. The standard InChI is InChI=1S/C28H30N6O5/c1-6-39-27(36)17-9-18(32-15(2)3)12-19(10-17)33-24-20-8-7-16(11-23(20)30-14-22(24)25(29)35)21-13-31-28(38-5)34-26(21)37-4/h7-15,32H,6H2,1-5H3,(H2,29,35)(H,30,33). The van der Waals surface area contributed by atoms with E-state index in [0.29, 0.717) is 45.0 Å². The number of hydrogen-bond donors (Lipinski definition) is 3. The van der Waals surface area contributed by atoms with Crippen molar-refractivity contribution in [2.24, 2.45) is 5.73 Å². The maximum Gasteiger partial charge on any atom is 0.338 e. The topological polar surface area (TPSA) is 151 Å². The van der Waals surface area contributed by atoms with Crippen molar-refractivity contribution in [2.45, 2.75) is 26.8 Å². The van der Waals surface area contributed by atoms with E-state index in [0.717, 1.165) is 5.56 Å². The quantitative estimate of drug-likeness (QED) is 0.249. The molecule has 4 aromatic rings. The van der Waals surface area contributed by atoms with Gasteiger partial charge in [-0.3, -0.25) is 9.78 Å². The molecule has 0 fully saturated rings. The summed E-state index contributed by atoms with van der Waals surface area (Å²) in [4.78, 5) is 37.8. The lowest BCUT2D eigenvalue weighted by atomic mass is 10.0. The van der Waals surface area contributed by atoms with Gasteiger partial charge in [-0.05, 0) is 50.6 Å². The monoisotopic (exact) mass is 530 g/mol. The Morgan fingerprint density at radius 3 is 2.44 bits per heavy atom. The number of hydrogen-bond acceptors (Lipinski definition) is 10. The Morgan fingerprint density at radius 1 is 1.00 bits per heavy atom. The van der Waals surface area contributed by atoms with Crippen LogP contribution in [-0.2, 0) is 4.74 Å². The fourth-order valence-electron chi connectivity index (χ4n) is 4.08. The molecule has 4 N–H and O–H groups in total. The number of pyridine rings is 1. The van der Waals surface area contributed by atoms with E-state index in [2.05, 4.69) is 25.6 Å². The molecule has 1 amide bonds. The number of carbonyl (C=O) groups is 2. The van der Waals surface area contributed by atoms with Gasteiger partial charge in [0.2, 0.25) is 5.88 Å². The van der Waals surface area contributed by atoms with Gasteiger partial charge in [0.15, 0.2) is 0 Å². The molecule has 0 spiro atoms. The van der Waals surface area contributed by atoms with Crippen molar-refractivity contribution in [3.05, 3.63) is 59.9 Å². The first-order chi connectivity index (χ1) is 18.7.